The molecule has 6 heteroatoms. The second kappa shape index (κ2) is 6.24. The van der Waals surface area contributed by atoms with Crippen molar-refractivity contribution < 1.29 is 9.21 Å². The van der Waals surface area contributed by atoms with Gasteiger partial charge in [0.1, 0.15) is 6.26 Å². The quantitative estimate of drug-likeness (QED) is 0.738. The monoisotopic (exact) mass is 271 g/mol. The Kier molecular flexibility index (Phi) is 5.22. The molecule has 18 heavy (non-hydrogen) atoms. The van der Waals surface area contributed by atoms with Crippen molar-refractivity contribution in [1.82, 2.24) is 10.3 Å². The van der Waals surface area contributed by atoms with Crippen LogP contribution in [0.2, 0.25) is 0 Å². The van der Waals surface area contributed by atoms with E-state index in [0.29, 0.717) is 11.6 Å². The molecule has 0 aliphatic carbocycles. The number of nitrogens with zero attached hydrogens (tertiary/aromatic N) is 1. The van der Waals surface area contributed by atoms with Crippen molar-refractivity contribution in [1.29, 1.82) is 0 Å². The Labute approximate surface area is 112 Å². The standard InChI is InChI=1S/C12H21N3O2S/c1-8(2)15-12(4,10(13)16)5-6-18-11-14-9(3)7-17-11/h7-8,15H,5-6H2,1-4H3,(H2,13,16). The normalized spacial score (nSPS) is 14.7. The van der Waals surface area contributed by atoms with Crippen molar-refractivity contribution in [3.05, 3.63) is 12.0 Å². The van der Waals surface area contributed by atoms with Crippen LogP contribution < -0.4 is 11.1 Å². The fourth-order valence-electron chi connectivity index (χ4n) is 1.64. The zero-order chi connectivity index (χ0) is 13.8. The van der Waals surface area contributed by atoms with Crippen LogP contribution in [0.1, 0.15) is 32.9 Å². The molecule has 1 aromatic heterocycles. The van der Waals surface area contributed by atoms with Crippen molar-refractivity contribution >= 4 is 17.7 Å². The lowest BCUT2D eigenvalue weighted by Crippen LogP contribution is -2.55. The Morgan fingerprint density at radius 3 is 2.78 bits per heavy atom. The van der Waals surface area contributed by atoms with Gasteiger partial charge in [-0.15, -0.1) is 0 Å². The number of amides is 1. The summed E-state index contributed by atoms with van der Waals surface area (Å²) in [4.78, 5) is 15.7. The van der Waals surface area contributed by atoms with Gasteiger partial charge in [0.2, 0.25) is 5.91 Å². The number of nitrogens with one attached hydrogen (secondary N) is 1. The molecule has 0 saturated heterocycles. The van der Waals surface area contributed by atoms with Gasteiger partial charge in [-0.3, -0.25) is 4.79 Å². The largest absolute Gasteiger partial charge is 0.440 e. The number of aryl methyl sites for hydroxylation is 1. The molecule has 3 N–H and O–H groups in total. The van der Waals surface area contributed by atoms with Gasteiger partial charge in [0.25, 0.3) is 5.22 Å². The number of thioether (sulfide) groups is 1. The van der Waals surface area contributed by atoms with Gasteiger partial charge < -0.3 is 15.5 Å². The lowest BCUT2D eigenvalue weighted by molar-refractivity contribution is -0.124. The Hall–Kier alpha value is -1.01. The molecule has 0 bridgehead atoms. The van der Waals surface area contributed by atoms with Crippen LogP contribution in [0, 0.1) is 6.92 Å². The SMILES string of the molecule is Cc1coc(SCCC(C)(NC(C)C)C(N)=O)n1. The van der Waals surface area contributed by atoms with Crippen LogP contribution in [0.15, 0.2) is 15.9 Å². The molecule has 1 amide bonds. The second-order valence-electron chi connectivity index (χ2n) is 4.85. The summed E-state index contributed by atoms with van der Waals surface area (Å²) in [5.41, 5.74) is 5.62. The Morgan fingerprint density at radius 1 is 1.67 bits per heavy atom. The van der Waals surface area contributed by atoms with Gasteiger partial charge in [0.15, 0.2) is 0 Å². The predicted molar refractivity (Wildman–Crippen MR) is 72.5 cm³/mol. The van der Waals surface area contributed by atoms with Gasteiger partial charge in [-0.2, -0.15) is 0 Å². The van der Waals surface area contributed by atoms with Gasteiger partial charge in [-0.05, 0) is 34.1 Å². The third-order valence-corrected chi connectivity index (χ3v) is 3.42. The molecule has 0 saturated carbocycles. The summed E-state index contributed by atoms with van der Waals surface area (Å²) in [7, 11) is 0. The van der Waals surface area contributed by atoms with Gasteiger partial charge in [0.05, 0.1) is 11.2 Å². The van der Waals surface area contributed by atoms with Gasteiger partial charge in [-0.1, -0.05) is 11.8 Å². The average Bonchev–Trinajstić information content (AvgIpc) is 2.63. The van der Waals surface area contributed by atoms with Crippen LogP contribution >= 0.6 is 11.8 Å². The Balaban J connectivity index is 2.50. The zero-order valence-corrected chi connectivity index (χ0v) is 12.1. The molecule has 0 aliphatic heterocycles. The highest BCUT2D eigenvalue weighted by Gasteiger charge is 2.31. The second-order valence-corrected chi connectivity index (χ2v) is 5.89. The van der Waals surface area contributed by atoms with E-state index in [9.17, 15) is 4.79 Å². The van der Waals surface area contributed by atoms with Crippen LogP contribution in [0.25, 0.3) is 0 Å². The predicted octanol–water partition coefficient (Wildman–Crippen LogP) is 1.71. The van der Waals surface area contributed by atoms with Crippen molar-refractivity contribution in [2.24, 2.45) is 5.73 Å². The van der Waals surface area contributed by atoms with E-state index in [1.54, 1.807) is 6.26 Å². The molecular weight excluding hydrogens is 250 g/mol. The molecular formula is C12H21N3O2S. The highest BCUT2D eigenvalue weighted by atomic mass is 32.2. The van der Waals surface area contributed by atoms with E-state index in [4.69, 9.17) is 10.2 Å². The van der Waals surface area contributed by atoms with Crippen LogP contribution in [0.4, 0.5) is 0 Å². The summed E-state index contributed by atoms with van der Waals surface area (Å²) in [5.74, 6) is 0.388. The van der Waals surface area contributed by atoms with Crippen molar-refractivity contribution in [2.75, 3.05) is 5.75 Å². The minimum absolute atomic E-state index is 0.205. The van der Waals surface area contributed by atoms with E-state index in [1.807, 2.05) is 27.7 Å². The summed E-state index contributed by atoms with van der Waals surface area (Å²) in [6.07, 6.45) is 2.24. The topological polar surface area (TPSA) is 81.1 Å². The van der Waals surface area contributed by atoms with E-state index in [2.05, 4.69) is 10.3 Å². The van der Waals surface area contributed by atoms with E-state index in [-0.39, 0.29) is 11.9 Å². The molecule has 1 unspecified atom stereocenters. The number of hydrogen-bond donors (Lipinski definition) is 2. The van der Waals surface area contributed by atoms with Gasteiger partial charge in [-0.25, -0.2) is 4.98 Å². The molecule has 0 aliphatic rings. The average molecular weight is 271 g/mol. The first-order valence-electron chi connectivity index (χ1n) is 5.96. The first kappa shape index (κ1) is 15.0. The fourth-order valence-corrected chi connectivity index (χ4v) is 2.65. The highest BCUT2D eigenvalue weighted by Crippen LogP contribution is 2.21. The Bertz CT molecular complexity index is 406. The van der Waals surface area contributed by atoms with E-state index >= 15 is 0 Å². The number of primary amides is 1. The molecule has 1 atom stereocenters. The first-order chi connectivity index (χ1) is 8.33. The van der Waals surface area contributed by atoms with Crippen molar-refractivity contribution in [3.63, 3.8) is 0 Å². The number of hydrogen-bond acceptors (Lipinski definition) is 5. The van der Waals surface area contributed by atoms with Crippen molar-refractivity contribution in [3.8, 4) is 0 Å². The van der Waals surface area contributed by atoms with E-state index in [1.165, 1.54) is 11.8 Å². The number of oxazole rings is 1. The zero-order valence-electron chi connectivity index (χ0n) is 11.3. The van der Waals surface area contributed by atoms with Crippen molar-refractivity contribution in [2.45, 2.75) is 50.9 Å². The molecule has 0 aromatic carbocycles. The van der Waals surface area contributed by atoms with Crippen LogP contribution in [-0.2, 0) is 4.79 Å². The highest BCUT2D eigenvalue weighted by molar-refractivity contribution is 7.99. The number of rotatable bonds is 7. The van der Waals surface area contributed by atoms with Gasteiger partial charge in [0, 0.05) is 11.8 Å². The van der Waals surface area contributed by atoms with E-state index in [0.717, 1.165) is 11.4 Å². The molecule has 0 spiro atoms. The third-order valence-electron chi connectivity index (χ3n) is 2.58. The number of nitrogens with two attached hydrogens (primary N) is 1. The van der Waals surface area contributed by atoms with Crippen LogP contribution in [0.5, 0.6) is 0 Å². The minimum atomic E-state index is -0.692. The van der Waals surface area contributed by atoms with Crippen LogP contribution in [0.3, 0.4) is 0 Å². The van der Waals surface area contributed by atoms with Gasteiger partial charge >= 0.3 is 0 Å². The lowest BCUT2D eigenvalue weighted by atomic mass is 9.97. The first-order valence-corrected chi connectivity index (χ1v) is 6.94. The Morgan fingerprint density at radius 2 is 2.33 bits per heavy atom. The maximum atomic E-state index is 11.5. The maximum Gasteiger partial charge on any atom is 0.255 e. The number of carbonyl (C=O) groups is 1. The maximum absolute atomic E-state index is 11.5. The summed E-state index contributed by atoms with van der Waals surface area (Å²) in [5, 5.41) is 3.84. The van der Waals surface area contributed by atoms with Crippen LogP contribution in [-0.4, -0.2) is 28.2 Å². The molecule has 5 nitrogen and oxygen atoms in total. The minimum Gasteiger partial charge on any atom is -0.440 e. The van der Waals surface area contributed by atoms with E-state index < -0.39 is 5.54 Å². The number of carbonyl (C=O) groups excluding carboxylic acids is 1. The molecule has 1 heterocycles. The summed E-state index contributed by atoms with van der Waals surface area (Å²) < 4.78 is 5.24. The third kappa shape index (κ3) is 4.34. The summed E-state index contributed by atoms with van der Waals surface area (Å²) in [6, 6.07) is 0.205. The summed E-state index contributed by atoms with van der Waals surface area (Å²) >= 11 is 1.49. The summed E-state index contributed by atoms with van der Waals surface area (Å²) in [6.45, 7) is 7.69. The molecule has 1 aromatic rings. The molecule has 102 valence electrons. The smallest absolute Gasteiger partial charge is 0.255 e. The fraction of sp³-hybridized carbons (Fsp3) is 0.667. The molecule has 1 rings (SSSR count). The molecule has 0 fully saturated rings. The lowest BCUT2D eigenvalue weighted by Gasteiger charge is -2.29. The molecule has 0 radical (unpaired) electrons. The number of aromatic nitrogens is 1.